The summed E-state index contributed by atoms with van der Waals surface area (Å²) in [7, 11) is 1.23. The maximum Gasteiger partial charge on any atom is 0.342 e. The number of aromatic hydroxyl groups is 1. The third kappa shape index (κ3) is 1.71. The topological polar surface area (TPSA) is 106 Å². The molecule has 7 nitrogen and oxygen atoms in total. The highest BCUT2D eigenvalue weighted by Gasteiger charge is 2.73. The van der Waals surface area contributed by atoms with Crippen LogP contribution in [-0.2, 0) is 20.9 Å². The predicted octanol–water partition coefficient (Wildman–Crippen LogP) is 0.325. The number of Topliss-reactive ketones (excluding diaryl/α,β-unsaturated/α-hetero) is 1. The summed E-state index contributed by atoms with van der Waals surface area (Å²) < 4.78 is 16.0. The minimum atomic E-state index is -1.38. The van der Waals surface area contributed by atoms with Crippen LogP contribution in [0.3, 0.4) is 0 Å². The molecule has 1 aliphatic carbocycles. The van der Waals surface area contributed by atoms with Crippen molar-refractivity contribution in [3.8, 4) is 11.5 Å². The first-order chi connectivity index (χ1) is 11.0. The highest BCUT2D eigenvalue weighted by atomic mass is 16.7. The fourth-order valence-electron chi connectivity index (χ4n) is 3.47. The van der Waals surface area contributed by atoms with Crippen molar-refractivity contribution in [3.63, 3.8) is 0 Å². The van der Waals surface area contributed by atoms with E-state index in [1.807, 2.05) is 0 Å². The number of ketones is 1. The zero-order valence-corrected chi connectivity index (χ0v) is 12.2. The van der Waals surface area contributed by atoms with Crippen LogP contribution in [0.5, 0.6) is 11.5 Å². The molecule has 2 heterocycles. The van der Waals surface area contributed by atoms with Gasteiger partial charge in [-0.25, -0.2) is 4.79 Å². The number of phenols is 1. The number of benzene rings is 1. The number of fused-ring (bicyclic) bond motifs is 4. The van der Waals surface area contributed by atoms with Crippen molar-refractivity contribution in [1.29, 1.82) is 0 Å². The Labute approximate surface area is 131 Å². The molecule has 4 unspecified atom stereocenters. The van der Waals surface area contributed by atoms with Gasteiger partial charge < -0.3 is 24.4 Å². The maximum atomic E-state index is 12.9. The van der Waals surface area contributed by atoms with E-state index in [0.717, 1.165) is 0 Å². The van der Waals surface area contributed by atoms with Crippen LogP contribution < -0.4 is 4.74 Å². The van der Waals surface area contributed by atoms with Gasteiger partial charge in [0.25, 0.3) is 0 Å². The van der Waals surface area contributed by atoms with E-state index >= 15 is 0 Å². The van der Waals surface area contributed by atoms with Crippen molar-refractivity contribution in [2.45, 2.75) is 24.4 Å². The Morgan fingerprint density at radius 2 is 2.17 bits per heavy atom. The lowest BCUT2D eigenvalue weighted by molar-refractivity contribution is -0.149. The summed E-state index contributed by atoms with van der Waals surface area (Å²) in [6, 6.07) is 2.80. The van der Waals surface area contributed by atoms with Crippen molar-refractivity contribution in [2.75, 3.05) is 7.11 Å². The fraction of sp³-hybridized carbons (Fsp3) is 0.375. The minimum absolute atomic E-state index is 0.00345. The molecule has 1 aromatic carbocycles. The van der Waals surface area contributed by atoms with Gasteiger partial charge in [-0.15, -0.1) is 0 Å². The maximum absolute atomic E-state index is 12.9. The van der Waals surface area contributed by atoms with Crippen molar-refractivity contribution in [2.24, 2.45) is 5.92 Å². The van der Waals surface area contributed by atoms with E-state index in [1.165, 1.54) is 19.2 Å². The Morgan fingerprint density at radius 3 is 2.87 bits per heavy atom. The lowest BCUT2D eigenvalue weighted by Crippen LogP contribution is -2.52. The lowest BCUT2D eigenvalue weighted by atomic mass is 9.74. The Hall–Kier alpha value is -2.38. The SMILES string of the molecule is COC(=O)C12OC1C=CC1Oc3cc(CO)cc(O)c3C(=O)C12. The Morgan fingerprint density at radius 1 is 1.39 bits per heavy atom. The molecular weight excluding hydrogens is 304 g/mol. The first-order valence-electron chi connectivity index (χ1n) is 7.15. The standard InChI is InChI=1S/C16H14O7/c1-21-15(20)16-11(23-16)3-2-9-13(16)14(19)12-8(18)4-7(6-17)5-10(12)22-9/h2-5,9,11,13,17-18H,6H2,1H3. The van der Waals surface area contributed by atoms with Crippen molar-refractivity contribution < 1.29 is 34.0 Å². The molecule has 0 spiro atoms. The average Bonchev–Trinajstić information content (AvgIpc) is 3.28. The van der Waals surface area contributed by atoms with Crippen LogP contribution >= 0.6 is 0 Å². The highest BCUT2D eigenvalue weighted by Crippen LogP contribution is 2.54. The van der Waals surface area contributed by atoms with Crippen LogP contribution in [0.2, 0.25) is 0 Å². The fourth-order valence-corrected chi connectivity index (χ4v) is 3.47. The third-order valence-corrected chi connectivity index (χ3v) is 4.57. The smallest absolute Gasteiger partial charge is 0.342 e. The molecule has 1 saturated heterocycles. The summed E-state index contributed by atoms with van der Waals surface area (Å²) >= 11 is 0. The minimum Gasteiger partial charge on any atom is -0.507 e. The summed E-state index contributed by atoms with van der Waals surface area (Å²) in [5.74, 6) is -2.08. The monoisotopic (exact) mass is 318 g/mol. The first kappa shape index (κ1) is 14.2. The molecular formula is C16H14O7. The van der Waals surface area contributed by atoms with Crippen LogP contribution in [0.15, 0.2) is 24.3 Å². The molecule has 120 valence electrons. The van der Waals surface area contributed by atoms with Gasteiger partial charge in [0, 0.05) is 0 Å². The predicted molar refractivity (Wildman–Crippen MR) is 75.0 cm³/mol. The van der Waals surface area contributed by atoms with Gasteiger partial charge in [0.2, 0.25) is 5.60 Å². The van der Waals surface area contributed by atoms with E-state index < -0.39 is 35.5 Å². The van der Waals surface area contributed by atoms with Crippen LogP contribution in [0.25, 0.3) is 0 Å². The van der Waals surface area contributed by atoms with E-state index in [0.29, 0.717) is 5.56 Å². The number of carbonyl (C=O) groups excluding carboxylic acids is 2. The third-order valence-electron chi connectivity index (χ3n) is 4.57. The van der Waals surface area contributed by atoms with Crippen molar-refractivity contribution in [1.82, 2.24) is 0 Å². The number of hydrogen-bond acceptors (Lipinski definition) is 7. The van der Waals surface area contributed by atoms with E-state index in [2.05, 4.69) is 0 Å². The molecule has 0 amide bonds. The van der Waals surface area contributed by atoms with Crippen LogP contribution in [-0.4, -0.2) is 46.9 Å². The Bertz CT molecular complexity index is 753. The van der Waals surface area contributed by atoms with Gasteiger partial charge in [-0.2, -0.15) is 0 Å². The zero-order chi connectivity index (χ0) is 16.4. The number of rotatable bonds is 2. The number of methoxy groups -OCH3 is 1. The first-order valence-corrected chi connectivity index (χ1v) is 7.15. The zero-order valence-electron chi connectivity index (χ0n) is 12.2. The molecule has 0 radical (unpaired) electrons. The number of aliphatic hydroxyl groups is 1. The van der Waals surface area contributed by atoms with Gasteiger partial charge in [-0.05, 0) is 23.8 Å². The second-order valence-corrected chi connectivity index (χ2v) is 5.78. The van der Waals surface area contributed by atoms with Gasteiger partial charge >= 0.3 is 5.97 Å². The molecule has 3 aliphatic rings. The summed E-state index contributed by atoms with van der Waals surface area (Å²) in [6.45, 7) is -0.292. The number of hydrogen-bond donors (Lipinski definition) is 2. The number of phenolic OH excluding ortho intramolecular Hbond substituents is 1. The second-order valence-electron chi connectivity index (χ2n) is 5.78. The second kappa shape index (κ2) is 4.56. The van der Waals surface area contributed by atoms with Gasteiger partial charge in [0.05, 0.1) is 13.7 Å². The van der Waals surface area contributed by atoms with Gasteiger partial charge in [-0.1, -0.05) is 6.08 Å². The molecule has 0 aromatic heterocycles. The molecule has 23 heavy (non-hydrogen) atoms. The molecule has 7 heteroatoms. The summed E-state index contributed by atoms with van der Waals surface area (Å²) in [4.78, 5) is 25.1. The average molecular weight is 318 g/mol. The summed E-state index contributed by atoms with van der Waals surface area (Å²) in [5, 5.41) is 19.3. The number of esters is 1. The van der Waals surface area contributed by atoms with E-state index in [9.17, 15) is 19.8 Å². The van der Waals surface area contributed by atoms with Crippen LogP contribution in [0.4, 0.5) is 0 Å². The quantitative estimate of drug-likeness (QED) is 0.460. The molecule has 0 saturated carbocycles. The summed E-state index contributed by atoms with van der Waals surface area (Å²) in [5.41, 5.74) is -0.961. The lowest BCUT2D eigenvalue weighted by Gasteiger charge is -2.35. The molecule has 1 fully saturated rings. The van der Waals surface area contributed by atoms with E-state index in [-0.39, 0.29) is 23.7 Å². The largest absolute Gasteiger partial charge is 0.507 e. The molecule has 2 N–H and O–H groups in total. The molecule has 4 rings (SSSR count). The Balaban J connectivity index is 1.84. The van der Waals surface area contributed by atoms with Gasteiger partial charge in [-0.3, -0.25) is 4.79 Å². The number of epoxide rings is 1. The number of carbonyl (C=O) groups is 2. The summed E-state index contributed by atoms with van der Waals surface area (Å²) in [6.07, 6.45) is 2.13. The Kier molecular flexibility index (Phi) is 2.82. The van der Waals surface area contributed by atoms with Crippen LogP contribution in [0.1, 0.15) is 15.9 Å². The van der Waals surface area contributed by atoms with Crippen molar-refractivity contribution in [3.05, 3.63) is 35.4 Å². The highest BCUT2D eigenvalue weighted by molar-refractivity contribution is 6.08. The van der Waals surface area contributed by atoms with Crippen molar-refractivity contribution >= 4 is 11.8 Å². The molecule has 2 aliphatic heterocycles. The molecule has 1 aromatic rings. The molecule has 0 bridgehead atoms. The number of ether oxygens (including phenoxy) is 3. The van der Waals surface area contributed by atoms with Gasteiger partial charge in [0.15, 0.2) is 5.78 Å². The number of aliphatic hydroxyl groups excluding tert-OH is 1. The normalized spacial score (nSPS) is 33.1. The molecule has 4 atom stereocenters. The van der Waals surface area contributed by atoms with Crippen LogP contribution in [0, 0.1) is 5.92 Å². The van der Waals surface area contributed by atoms with Gasteiger partial charge in [0.1, 0.15) is 35.2 Å². The van der Waals surface area contributed by atoms with E-state index in [1.54, 1.807) is 12.2 Å². The van der Waals surface area contributed by atoms with E-state index in [4.69, 9.17) is 14.2 Å².